The van der Waals surface area contributed by atoms with E-state index < -0.39 is 0 Å². The predicted octanol–water partition coefficient (Wildman–Crippen LogP) is 2.06. The molecule has 0 saturated carbocycles. The fourth-order valence-electron chi connectivity index (χ4n) is 2.05. The Morgan fingerprint density at radius 2 is 2.44 bits per heavy atom. The Hall–Kier alpha value is -0.450. The minimum atomic E-state index is 0.556. The smallest absolute Gasteiger partial charge is 0.0954 e. The van der Waals surface area contributed by atoms with E-state index in [2.05, 4.69) is 41.4 Å². The molecule has 1 saturated heterocycles. The first kappa shape index (κ1) is 12.0. The van der Waals surface area contributed by atoms with Crippen molar-refractivity contribution < 1.29 is 0 Å². The zero-order chi connectivity index (χ0) is 11.5. The molecule has 0 bridgehead atoms. The number of piperazine rings is 1. The van der Waals surface area contributed by atoms with Gasteiger partial charge < -0.3 is 5.32 Å². The average molecular weight is 239 g/mol. The van der Waals surface area contributed by atoms with Gasteiger partial charge in [0.05, 0.1) is 10.7 Å². The van der Waals surface area contributed by atoms with Gasteiger partial charge >= 0.3 is 0 Å². The Morgan fingerprint density at radius 1 is 1.62 bits per heavy atom. The van der Waals surface area contributed by atoms with Crippen LogP contribution in [0.5, 0.6) is 0 Å². The monoisotopic (exact) mass is 239 g/mol. The van der Waals surface area contributed by atoms with E-state index in [0.29, 0.717) is 12.0 Å². The molecule has 0 spiro atoms. The standard InChI is InChI=1S/C12H21N3S/c1-9(2)12-14-11(8-16-12)7-15-5-4-13-10(3)6-15/h8-10,13H,4-7H2,1-3H3. The lowest BCUT2D eigenvalue weighted by atomic mass is 10.2. The molecule has 90 valence electrons. The highest BCUT2D eigenvalue weighted by atomic mass is 32.1. The van der Waals surface area contributed by atoms with E-state index in [-0.39, 0.29) is 0 Å². The second-order valence-electron chi connectivity index (χ2n) is 4.92. The highest BCUT2D eigenvalue weighted by Gasteiger charge is 2.16. The molecule has 1 unspecified atom stereocenters. The maximum absolute atomic E-state index is 4.69. The van der Waals surface area contributed by atoms with Gasteiger partial charge in [0.15, 0.2) is 0 Å². The number of hydrogen-bond acceptors (Lipinski definition) is 4. The fraction of sp³-hybridized carbons (Fsp3) is 0.750. The Labute approximate surface area is 102 Å². The quantitative estimate of drug-likeness (QED) is 0.875. The Bertz CT molecular complexity index is 335. The van der Waals surface area contributed by atoms with E-state index in [4.69, 9.17) is 0 Å². The highest BCUT2D eigenvalue weighted by Crippen LogP contribution is 2.20. The first-order valence-corrected chi connectivity index (χ1v) is 6.93. The van der Waals surface area contributed by atoms with E-state index in [1.165, 1.54) is 10.7 Å². The van der Waals surface area contributed by atoms with Crippen molar-refractivity contribution in [2.45, 2.75) is 39.3 Å². The number of rotatable bonds is 3. The van der Waals surface area contributed by atoms with Crippen LogP contribution in [0, 0.1) is 0 Å². The molecule has 0 radical (unpaired) electrons. The van der Waals surface area contributed by atoms with Gasteiger partial charge in [-0.2, -0.15) is 0 Å². The van der Waals surface area contributed by atoms with Gasteiger partial charge in [0, 0.05) is 43.5 Å². The van der Waals surface area contributed by atoms with Crippen molar-refractivity contribution in [2.24, 2.45) is 0 Å². The first-order chi connectivity index (χ1) is 7.65. The Kier molecular flexibility index (Phi) is 3.95. The van der Waals surface area contributed by atoms with Crippen LogP contribution in [-0.4, -0.2) is 35.6 Å². The Morgan fingerprint density at radius 3 is 3.06 bits per heavy atom. The van der Waals surface area contributed by atoms with Crippen molar-refractivity contribution in [1.29, 1.82) is 0 Å². The molecule has 1 aliphatic rings. The molecule has 16 heavy (non-hydrogen) atoms. The lowest BCUT2D eigenvalue weighted by molar-refractivity contribution is 0.198. The molecule has 1 aromatic heterocycles. The van der Waals surface area contributed by atoms with Crippen molar-refractivity contribution in [3.63, 3.8) is 0 Å². The lowest BCUT2D eigenvalue weighted by Gasteiger charge is -2.31. The zero-order valence-electron chi connectivity index (χ0n) is 10.4. The van der Waals surface area contributed by atoms with Crippen LogP contribution in [0.15, 0.2) is 5.38 Å². The number of nitrogens with zero attached hydrogens (tertiary/aromatic N) is 2. The van der Waals surface area contributed by atoms with Gasteiger partial charge in [-0.3, -0.25) is 4.90 Å². The second-order valence-corrected chi connectivity index (χ2v) is 5.81. The summed E-state index contributed by atoms with van der Waals surface area (Å²) in [4.78, 5) is 7.17. The van der Waals surface area contributed by atoms with Gasteiger partial charge in [-0.25, -0.2) is 4.98 Å². The van der Waals surface area contributed by atoms with Crippen LogP contribution in [-0.2, 0) is 6.54 Å². The van der Waals surface area contributed by atoms with Crippen LogP contribution < -0.4 is 5.32 Å². The summed E-state index contributed by atoms with van der Waals surface area (Å²) in [5, 5.41) is 6.93. The van der Waals surface area contributed by atoms with Crippen LogP contribution in [0.2, 0.25) is 0 Å². The van der Waals surface area contributed by atoms with Crippen molar-refractivity contribution in [1.82, 2.24) is 15.2 Å². The maximum Gasteiger partial charge on any atom is 0.0954 e. The summed E-state index contributed by atoms with van der Waals surface area (Å²) in [6.07, 6.45) is 0. The first-order valence-electron chi connectivity index (χ1n) is 6.05. The van der Waals surface area contributed by atoms with Crippen molar-refractivity contribution >= 4 is 11.3 Å². The summed E-state index contributed by atoms with van der Waals surface area (Å²) in [6, 6.07) is 0.608. The molecule has 2 heterocycles. The molecule has 4 heteroatoms. The highest BCUT2D eigenvalue weighted by molar-refractivity contribution is 7.09. The summed E-state index contributed by atoms with van der Waals surface area (Å²) in [5.74, 6) is 0.556. The third-order valence-electron chi connectivity index (χ3n) is 2.90. The molecular formula is C12H21N3S. The summed E-state index contributed by atoms with van der Waals surface area (Å²) < 4.78 is 0. The molecule has 2 rings (SSSR count). The van der Waals surface area contributed by atoms with Crippen molar-refractivity contribution in [2.75, 3.05) is 19.6 Å². The zero-order valence-corrected chi connectivity index (χ0v) is 11.2. The van der Waals surface area contributed by atoms with Crippen molar-refractivity contribution in [3.8, 4) is 0 Å². The minimum Gasteiger partial charge on any atom is -0.312 e. The van der Waals surface area contributed by atoms with E-state index in [1.54, 1.807) is 11.3 Å². The van der Waals surface area contributed by atoms with Crippen LogP contribution in [0.3, 0.4) is 0 Å². The normalized spacial score (nSPS) is 22.9. The van der Waals surface area contributed by atoms with E-state index in [1.807, 2.05) is 0 Å². The van der Waals surface area contributed by atoms with Gasteiger partial charge in [-0.1, -0.05) is 13.8 Å². The summed E-state index contributed by atoms with van der Waals surface area (Å²) in [7, 11) is 0. The predicted molar refractivity (Wildman–Crippen MR) is 68.9 cm³/mol. The van der Waals surface area contributed by atoms with Crippen LogP contribution >= 0.6 is 11.3 Å². The van der Waals surface area contributed by atoms with Gasteiger partial charge in [-0.05, 0) is 6.92 Å². The molecular weight excluding hydrogens is 218 g/mol. The average Bonchev–Trinajstić information content (AvgIpc) is 2.66. The van der Waals surface area contributed by atoms with Gasteiger partial charge in [0.25, 0.3) is 0 Å². The topological polar surface area (TPSA) is 28.2 Å². The molecule has 1 atom stereocenters. The largest absolute Gasteiger partial charge is 0.312 e. The van der Waals surface area contributed by atoms with E-state index >= 15 is 0 Å². The van der Waals surface area contributed by atoms with E-state index in [0.717, 1.165) is 26.2 Å². The SMILES string of the molecule is CC1CN(Cc2csc(C(C)C)n2)CCN1. The maximum atomic E-state index is 4.69. The molecule has 0 aliphatic carbocycles. The van der Waals surface area contributed by atoms with E-state index in [9.17, 15) is 0 Å². The lowest BCUT2D eigenvalue weighted by Crippen LogP contribution is -2.48. The number of aromatic nitrogens is 1. The number of nitrogens with one attached hydrogen (secondary N) is 1. The minimum absolute atomic E-state index is 0.556. The second kappa shape index (κ2) is 5.25. The van der Waals surface area contributed by atoms with Crippen LogP contribution in [0.4, 0.5) is 0 Å². The summed E-state index contributed by atoms with van der Waals surface area (Å²) in [6.45, 7) is 11.0. The number of thiazole rings is 1. The van der Waals surface area contributed by atoms with Crippen LogP contribution in [0.1, 0.15) is 37.4 Å². The molecule has 1 fully saturated rings. The molecule has 1 N–H and O–H groups in total. The molecule has 0 aromatic carbocycles. The third kappa shape index (κ3) is 3.03. The summed E-state index contributed by atoms with van der Waals surface area (Å²) in [5.41, 5.74) is 1.24. The molecule has 3 nitrogen and oxygen atoms in total. The van der Waals surface area contributed by atoms with Gasteiger partial charge in [0.2, 0.25) is 0 Å². The van der Waals surface area contributed by atoms with Crippen molar-refractivity contribution in [3.05, 3.63) is 16.1 Å². The Balaban J connectivity index is 1.92. The third-order valence-corrected chi connectivity index (χ3v) is 4.10. The molecule has 1 aliphatic heterocycles. The van der Waals surface area contributed by atoms with Crippen LogP contribution in [0.25, 0.3) is 0 Å². The van der Waals surface area contributed by atoms with Gasteiger partial charge in [-0.15, -0.1) is 11.3 Å². The fourth-order valence-corrected chi connectivity index (χ4v) is 2.87. The molecule has 1 aromatic rings. The summed E-state index contributed by atoms with van der Waals surface area (Å²) >= 11 is 1.79. The molecule has 0 amide bonds. The van der Waals surface area contributed by atoms with Gasteiger partial charge in [0.1, 0.15) is 0 Å². The number of hydrogen-bond donors (Lipinski definition) is 1.